The Balaban J connectivity index is 1.90. The summed E-state index contributed by atoms with van der Waals surface area (Å²) in [7, 11) is 0. The maximum atomic E-state index is 13.2. The quantitative estimate of drug-likeness (QED) is 0.726. The smallest absolute Gasteiger partial charge is 0.223 e. The van der Waals surface area contributed by atoms with E-state index in [1.807, 2.05) is 18.4 Å². The van der Waals surface area contributed by atoms with Crippen molar-refractivity contribution in [2.75, 3.05) is 6.54 Å². The van der Waals surface area contributed by atoms with Crippen LogP contribution in [-0.2, 0) is 11.3 Å². The van der Waals surface area contributed by atoms with Gasteiger partial charge in [-0.25, -0.2) is 4.39 Å². The van der Waals surface area contributed by atoms with E-state index in [0.717, 1.165) is 5.56 Å². The van der Waals surface area contributed by atoms with Crippen LogP contribution in [0.1, 0.15) is 35.0 Å². The SMILES string of the molecule is CCN(Cc1cccc(F)c1)C(=O)CCC(=O)c1cccs1. The van der Waals surface area contributed by atoms with Gasteiger partial charge >= 0.3 is 0 Å². The van der Waals surface area contributed by atoms with Gasteiger partial charge in [0.05, 0.1) is 4.88 Å². The number of hydrogen-bond acceptors (Lipinski definition) is 3. The first-order valence-corrected chi connectivity index (χ1v) is 8.07. The fourth-order valence-corrected chi connectivity index (χ4v) is 2.87. The number of nitrogens with zero attached hydrogens (tertiary/aromatic N) is 1. The van der Waals surface area contributed by atoms with Crippen LogP contribution in [0.15, 0.2) is 41.8 Å². The molecule has 1 amide bonds. The number of carbonyl (C=O) groups excluding carboxylic acids is 2. The molecule has 0 radical (unpaired) electrons. The summed E-state index contributed by atoms with van der Waals surface area (Å²) in [6.07, 6.45) is 0.388. The summed E-state index contributed by atoms with van der Waals surface area (Å²) in [6.45, 7) is 2.76. The molecule has 0 N–H and O–H groups in total. The van der Waals surface area contributed by atoms with Crippen molar-refractivity contribution in [3.8, 4) is 0 Å². The molecule has 2 rings (SSSR count). The van der Waals surface area contributed by atoms with E-state index in [1.54, 1.807) is 23.1 Å². The summed E-state index contributed by atoms with van der Waals surface area (Å²) in [5.41, 5.74) is 0.750. The highest BCUT2D eigenvalue weighted by Gasteiger charge is 2.15. The first-order chi connectivity index (χ1) is 10.6. The van der Waals surface area contributed by atoms with E-state index in [9.17, 15) is 14.0 Å². The highest BCUT2D eigenvalue weighted by Crippen LogP contribution is 2.14. The molecule has 0 fully saturated rings. The lowest BCUT2D eigenvalue weighted by Gasteiger charge is -2.21. The van der Waals surface area contributed by atoms with E-state index in [0.29, 0.717) is 18.0 Å². The third kappa shape index (κ3) is 4.49. The molecule has 0 spiro atoms. The number of hydrogen-bond donors (Lipinski definition) is 0. The molecular weight excluding hydrogens is 301 g/mol. The van der Waals surface area contributed by atoms with E-state index < -0.39 is 0 Å². The Morgan fingerprint density at radius 1 is 1.18 bits per heavy atom. The molecule has 5 heteroatoms. The Labute approximate surface area is 133 Å². The third-order valence-corrected chi connectivity index (χ3v) is 4.27. The van der Waals surface area contributed by atoms with Crippen LogP contribution in [0.5, 0.6) is 0 Å². The molecule has 1 aromatic carbocycles. The zero-order chi connectivity index (χ0) is 15.9. The van der Waals surface area contributed by atoms with E-state index >= 15 is 0 Å². The molecule has 1 heterocycles. The zero-order valence-corrected chi connectivity index (χ0v) is 13.2. The Kier molecular flexibility index (Phi) is 5.83. The van der Waals surface area contributed by atoms with Gasteiger partial charge in [0.25, 0.3) is 0 Å². The minimum absolute atomic E-state index is 0.00911. The van der Waals surface area contributed by atoms with Gasteiger partial charge in [-0.15, -0.1) is 11.3 Å². The van der Waals surface area contributed by atoms with Crippen LogP contribution < -0.4 is 0 Å². The molecule has 0 saturated heterocycles. The molecule has 0 aliphatic carbocycles. The molecule has 2 aromatic rings. The first kappa shape index (κ1) is 16.4. The first-order valence-electron chi connectivity index (χ1n) is 7.19. The summed E-state index contributed by atoms with van der Waals surface area (Å²) in [4.78, 5) is 26.5. The van der Waals surface area contributed by atoms with Gasteiger partial charge < -0.3 is 4.90 Å². The number of ketones is 1. The Bertz CT molecular complexity index is 640. The van der Waals surface area contributed by atoms with Gasteiger partial charge in [0.1, 0.15) is 5.82 Å². The third-order valence-electron chi connectivity index (χ3n) is 3.36. The van der Waals surface area contributed by atoms with E-state index in [1.165, 1.54) is 23.5 Å². The molecule has 22 heavy (non-hydrogen) atoms. The van der Waals surface area contributed by atoms with Crippen LogP contribution in [0.3, 0.4) is 0 Å². The molecule has 116 valence electrons. The lowest BCUT2D eigenvalue weighted by atomic mass is 10.1. The second-order valence-electron chi connectivity index (χ2n) is 4.94. The average Bonchev–Trinajstić information content (AvgIpc) is 3.04. The van der Waals surface area contributed by atoms with Gasteiger partial charge in [-0.05, 0) is 36.1 Å². The summed E-state index contributed by atoms with van der Waals surface area (Å²) in [5, 5.41) is 1.84. The molecule has 0 aliphatic rings. The van der Waals surface area contributed by atoms with Gasteiger partial charge in [0.2, 0.25) is 5.91 Å². The van der Waals surface area contributed by atoms with Gasteiger partial charge in [-0.2, -0.15) is 0 Å². The molecule has 0 aliphatic heterocycles. The highest BCUT2D eigenvalue weighted by atomic mass is 32.1. The zero-order valence-electron chi connectivity index (χ0n) is 12.4. The summed E-state index contributed by atoms with van der Waals surface area (Å²) in [5.74, 6) is -0.407. The number of rotatable bonds is 7. The maximum absolute atomic E-state index is 13.2. The van der Waals surface area contributed by atoms with Crippen LogP contribution in [0.25, 0.3) is 0 Å². The van der Waals surface area contributed by atoms with Crippen molar-refractivity contribution in [1.29, 1.82) is 0 Å². The summed E-state index contributed by atoms with van der Waals surface area (Å²) >= 11 is 1.38. The lowest BCUT2D eigenvalue weighted by molar-refractivity contribution is -0.131. The van der Waals surface area contributed by atoms with E-state index in [2.05, 4.69) is 0 Å². The van der Waals surface area contributed by atoms with Crippen LogP contribution in [-0.4, -0.2) is 23.1 Å². The van der Waals surface area contributed by atoms with Crippen LogP contribution in [0.2, 0.25) is 0 Å². The van der Waals surface area contributed by atoms with Crippen molar-refractivity contribution in [3.63, 3.8) is 0 Å². The number of Topliss-reactive ketones (excluding diaryl/α,β-unsaturated/α-hetero) is 1. The Morgan fingerprint density at radius 3 is 2.64 bits per heavy atom. The number of carbonyl (C=O) groups is 2. The minimum atomic E-state index is -0.311. The number of amides is 1. The fraction of sp³-hybridized carbons (Fsp3) is 0.294. The molecule has 1 aromatic heterocycles. The monoisotopic (exact) mass is 319 g/mol. The van der Waals surface area contributed by atoms with Crippen molar-refractivity contribution in [3.05, 3.63) is 58.0 Å². The molecule has 3 nitrogen and oxygen atoms in total. The van der Waals surface area contributed by atoms with E-state index in [-0.39, 0.29) is 30.3 Å². The molecular formula is C17H18FNO2S. The highest BCUT2D eigenvalue weighted by molar-refractivity contribution is 7.12. The topological polar surface area (TPSA) is 37.4 Å². The van der Waals surface area contributed by atoms with Gasteiger partial charge in [0, 0.05) is 25.9 Å². The number of thiophene rings is 1. The average molecular weight is 319 g/mol. The van der Waals surface area contributed by atoms with Crippen LogP contribution in [0.4, 0.5) is 4.39 Å². The van der Waals surface area contributed by atoms with E-state index in [4.69, 9.17) is 0 Å². The van der Waals surface area contributed by atoms with Gasteiger partial charge in [0.15, 0.2) is 5.78 Å². The summed E-state index contributed by atoms with van der Waals surface area (Å²) in [6, 6.07) is 9.80. The molecule has 0 unspecified atom stereocenters. The van der Waals surface area contributed by atoms with Crippen molar-refractivity contribution in [2.24, 2.45) is 0 Å². The van der Waals surface area contributed by atoms with Gasteiger partial charge in [-0.1, -0.05) is 18.2 Å². The maximum Gasteiger partial charge on any atom is 0.223 e. The predicted octanol–water partition coefficient (Wildman–Crippen LogP) is 3.90. The number of halogens is 1. The van der Waals surface area contributed by atoms with Crippen molar-refractivity contribution >= 4 is 23.0 Å². The second kappa shape index (κ2) is 7.84. The Morgan fingerprint density at radius 2 is 2.00 bits per heavy atom. The second-order valence-corrected chi connectivity index (χ2v) is 5.89. The van der Waals surface area contributed by atoms with Crippen LogP contribution >= 0.6 is 11.3 Å². The standard InChI is InChI=1S/C17H18FNO2S/c1-2-19(12-13-5-3-6-14(18)11-13)17(21)9-8-15(20)16-7-4-10-22-16/h3-7,10-11H,2,8-9,12H2,1H3. The number of benzene rings is 1. The van der Waals surface area contributed by atoms with Crippen LogP contribution in [0, 0.1) is 5.82 Å². The molecule has 0 bridgehead atoms. The molecule has 0 atom stereocenters. The Hall–Kier alpha value is -2.01. The lowest BCUT2D eigenvalue weighted by Crippen LogP contribution is -2.30. The predicted molar refractivity (Wildman–Crippen MR) is 85.4 cm³/mol. The minimum Gasteiger partial charge on any atom is -0.339 e. The van der Waals surface area contributed by atoms with Crippen molar-refractivity contribution in [2.45, 2.75) is 26.3 Å². The summed E-state index contributed by atoms with van der Waals surface area (Å²) < 4.78 is 13.2. The largest absolute Gasteiger partial charge is 0.339 e. The van der Waals surface area contributed by atoms with Crippen molar-refractivity contribution < 1.29 is 14.0 Å². The fourth-order valence-electron chi connectivity index (χ4n) is 2.17. The molecule has 0 saturated carbocycles. The van der Waals surface area contributed by atoms with Crippen molar-refractivity contribution in [1.82, 2.24) is 4.90 Å². The van der Waals surface area contributed by atoms with Gasteiger partial charge in [-0.3, -0.25) is 9.59 Å². The normalized spacial score (nSPS) is 10.5.